The molecule has 0 spiro atoms. The molecule has 1 saturated carbocycles. The van der Waals surface area contributed by atoms with E-state index in [9.17, 15) is 13.2 Å². The minimum atomic E-state index is -4.30. The first kappa shape index (κ1) is 12.8. The fraction of sp³-hybridized carbons (Fsp3) is 0.727. The van der Waals surface area contributed by atoms with E-state index < -0.39 is 11.7 Å². The Morgan fingerprint density at radius 1 is 1.35 bits per heavy atom. The average molecular weight is 264 g/mol. The average Bonchev–Trinajstić information content (AvgIpc) is 2.87. The Morgan fingerprint density at radius 2 is 2.00 bits per heavy atom. The zero-order chi connectivity index (χ0) is 12.5. The lowest BCUT2D eigenvalue weighted by Gasteiger charge is -2.26. The van der Waals surface area contributed by atoms with Crippen molar-refractivity contribution < 1.29 is 13.2 Å². The summed E-state index contributed by atoms with van der Waals surface area (Å²) in [6.07, 6.45) is 1.99. The van der Waals surface area contributed by atoms with Crippen LogP contribution in [0.5, 0.6) is 0 Å². The number of aromatic nitrogens is 2. The summed E-state index contributed by atoms with van der Waals surface area (Å²) < 4.78 is 38.7. The normalized spacial score (nSPS) is 19.8. The molecule has 0 saturated heterocycles. The second kappa shape index (κ2) is 4.55. The molecule has 96 valence electrons. The first-order chi connectivity index (χ1) is 7.95. The highest BCUT2D eigenvalue weighted by Gasteiger charge is 2.35. The molecule has 2 nitrogen and oxygen atoms in total. The van der Waals surface area contributed by atoms with Crippen LogP contribution >= 0.6 is 12.6 Å². The minimum Gasteiger partial charge on any atom is -0.272 e. The summed E-state index contributed by atoms with van der Waals surface area (Å²) >= 11 is 4.33. The summed E-state index contributed by atoms with van der Waals surface area (Å²) in [5.41, 5.74) is -0.650. The van der Waals surface area contributed by atoms with Gasteiger partial charge in [0.1, 0.15) is 0 Å². The van der Waals surface area contributed by atoms with Gasteiger partial charge in [0.25, 0.3) is 0 Å². The summed E-state index contributed by atoms with van der Waals surface area (Å²) in [6, 6.07) is 0. The van der Waals surface area contributed by atoms with Gasteiger partial charge in [0, 0.05) is 12.7 Å². The summed E-state index contributed by atoms with van der Waals surface area (Å²) in [5, 5.41) is 3.80. The maximum absolute atomic E-state index is 12.4. The lowest BCUT2D eigenvalue weighted by molar-refractivity contribution is -0.137. The number of hydrogen-bond acceptors (Lipinski definition) is 2. The van der Waals surface area contributed by atoms with Crippen molar-refractivity contribution >= 4 is 12.6 Å². The molecule has 0 amide bonds. The molecule has 1 aromatic rings. The molecule has 1 heterocycles. The van der Waals surface area contributed by atoms with Crippen LogP contribution in [-0.2, 0) is 12.7 Å². The van der Waals surface area contributed by atoms with Crippen LogP contribution in [0.25, 0.3) is 0 Å². The minimum absolute atomic E-state index is 0.0258. The Bertz CT molecular complexity index is 380. The van der Waals surface area contributed by atoms with Crippen molar-refractivity contribution in [3.63, 3.8) is 0 Å². The van der Waals surface area contributed by atoms with Gasteiger partial charge in [0.2, 0.25) is 0 Å². The summed E-state index contributed by atoms with van der Waals surface area (Å²) in [4.78, 5) is 0. The van der Waals surface area contributed by atoms with Gasteiger partial charge < -0.3 is 0 Å². The molecule has 0 bridgehead atoms. The van der Waals surface area contributed by atoms with E-state index in [1.165, 1.54) is 4.68 Å². The third-order valence-electron chi connectivity index (χ3n) is 3.46. The molecule has 6 heteroatoms. The number of alkyl halides is 3. The molecule has 1 fully saturated rings. The molecule has 0 N–H and O–H groups in total. The van der Waals surface area contributed by atoms with Crippen molar-refractivity contribution in [1.29, 1.82) is 0 Å². The molecular formula is C11H15F3N2S. The predicted molar refractivity (Wildman–Crippen MR) is 62.0 cm³/mol. The van der Waals surface area contributed by atoms with Crippen molar-refractivity contribution in [3.8, 4) is 0 Å². The predicted octanol–water partition coefficient (Wildman–Crippen LogP) is 3.39. The smallest absolute Gasteiger partial charge is 0.272 e. The highest BCUT2D eigenvalue weighted by atomic mass is 32.1. The summed E-state index contributed by atoms with van der Waals surface area (Å²) in [7, 11) is 0. The van der Waals surface area contributed by atoms with Gasteiger partial charge in [-0.25, -0.2) is 0 Å². The van der Waals surface area contributed by atoms with E-state index >= 15 is 0 Å². The van der Waals surface area contributed by atoms with E-state index in [0.717, 1.165) is 38.1 Å². The van der Waals surface area contributed by atoms with Gasteiger partial charge >= 0.3 is 6.18 Å². The summed E-state index contributed by atoms with van der Waals surface area (Å²) in [6.45, 7) is 0.534. The fourth-order valence-electron chi connectivity index (χ4n) is 2.43. The van der Waals surface area contributed by atoms with E-state index in [0.29, 0.717) is 12.3 Å². The standard InChI is InChI=1S/C11H15F3N2S/c12-11(13,14)9-5-15-16(6-9)7-10(8-17)3-1-2-4-10/h5-6,17H,1-4,7-8H2. The van der Waals surface area contributed by atoms with E-state index in [-0.39, 0.29) is 5.41 Å². The van der Waals surface area contributed by atoms with Crippen LogP contribution in [0.1, 0.15) is 31.2 Å². The van der Waals surface area contributed by atoms with E-state index in [2.05, 4.69) is 17.7 Å². The maximum Gasteiger partial charge on any atom is 0.419 e. The zero-order valence-electron chi connectivity index (χ0n) is 9.37. The van der Waals surface area contributed by atoms with Crippen LogP contribution in [0.2, 0.25) is 0 Å². The molecule has 0 radical (unpaired) electrons. The van der Waals surface area contributed by atoms with Gasteiger partial charge in [-0.2, -0.15) is 30.9 Å². The number of hydrogen-bond donors (Lipinski definition) is 1. The third kappa shape index (κ3) is 2.78. The molecule has 0 aliphatic heterocycles. The van der Waals surface area contributed by atoms with E-state index in [1.54, 1.807) is 0 Å². The maximum atomic E-state index is 12.4. The van der Waals surface area contributed by atoms with Crippen LogP contribution < -0.4 is 0 Å². The second-order valence-electron chi connectivity index (χ2n) is 4.79. The van der Waals surface area contributed by atoms with Crippen LogP contribution in [0.4, 0.5) is 13.2 Å². The monoisotopic (exact) mass is 264 g/mol. The van der Waals surface area contributed by atoms with Crippen LogP contribution in [0, 0.1) is 5.41 Å². The van der Waals surface area contributed by atoms with E-state index in [1.807, 2.05) is 0 Å². The molecular weight excluding hydrogens is 249 g/mol. The van der Waals surface area contributed by atoms with Crippen LogP contribution in [0.3, 0.4) is 0 Å². The Morgan fingerprint density at radius 3 is 2.47 bits per heavy atom. The highest BCUT2D eigenvalue weighted by molar-refractivity contribution is 7.80. The Balaban J connectivity index is 2.11. The SMILES string of the molecule is FC(F)(F)c1cnn(CC2(CS)CCCC2)c1. The van der Waals surface area contributed by atoms with Gasteiger partial charge in [-0.05, 0) is 24.0 Å². The Labute approximate surface area is 104 Å². The molecule has 0 unspecified atom stereocenters. The Kier molecular flexibility index (Phi) is 3.43. The zero-order valence-corrected chi connectivity index (χ0v) is 10.3. The lowest BCUT2D eigenvalue weighted by Crippen LogP contribution is -2.25. The third-order valence-corrected chi connectivity index (χ3v) is 4.13. The second-order valence-corrected chi connectivity index (χ2v) is 5.11. The van der Waals surface area contributed by atoms with Crippen molar-refractivity contribution in [2.45, 2.75) is 38.4 Å². The summed E-state index contributed by atoms with van der Waals surface area (Å²) in [5.74, 6) is 0.703. The first-order valence-electron chi connectivity index (χ1n) is 5.66. The molecule has 17 heavy (non-hydrogen) atoms. The van der Waals surface area contributed by atoms with E-state index in [4.69, 9.17) is 0 Å². The van der Waals surface area contributed by atoms with Crippen molar-refractivity contribution in [2.75, 3.05) is 5.75 Å². The molecule has 0 atom stereocenters. The molecule has 1 aliphatic rings. The van der Waals surface area contributed by atoms with Crippen molar-refractivity contribution in [1.82, 2.24) is 9.78 Å². The quantitative estimate of drug-likeness (QED) is 0.828. The first-order valence-corrected chi connectivity index (χ1v) is 6.29. The number of rotatable bonds is 3. The van der Waals surface area contributed by atoms with Gasteiger partial charge in [0.15, 0.2) is 0 Å². The number of nitrogens with zero attached hydrogens (tertiary/aromatic N) is 2. The number of halogens is 3. The molecule has 1 aromatic heterocycles. The largest absolute Gasteiger partial charge is 0.419 e. The lowest BCUT2D eigenvalue weighted by atomic mass is 9.88. The molecule has 1 aliphatic carbocycles. The topological polar surface area (TPSA) is 17.8 Å². The van der Waals surface area contributed by atoms with Gasteiger partial charge in [-0.1, -0.05) is 12.8 Å². The van der Waals surface area contributed by atoms with Crippen LogP contribution in [-0.4, -0.2) is 15.5 Å². The Hall–Kier alpha value is -0.650. The number of thiol groups is 1. The highest BCUT2D eigenvalue weighted by Crippen LogP contribution is 2.40. The van der Waals surface area contributed by atoms with Gasteiger partial charge in [-0.15, -0.1) is 0 Å². The van der Waals surface area contributed by atoms with Crippen LogP contribution in [0.15, 0.2) is 12.4 Å². The molecule has 2 rings (SSSR count). The van der Waals surface area contributed by atoms with Gasteiger partial charge in [-0.3, -0.25) is 4.68 Å². The fourth-order valence-corrected chi connectivity index (χ4v) is 2.85. The van der Waals surface area contributed by atoms with Crippen molar-refractivity contribution in [3.05, 3.63) is 18.0 Å². The van der Waals surface area contributed by atoms with Crippen molar-refractivity contribution in [2.24, 2.45) is 5.41 Å². The van der Waals surface area contributed by atoms with Gasteiger partial charge in [0.05, 0.1) is 11.8 Å². The molecule has 0 aromatic carbocycles.